The second-order valence-electron chi connectivity index (χ2n) is 8.03. The summed E-state index contributed by atoms with van der Waals surface area (Å²) in [6.45, 7) is 8.14. The number of carbonyl (C=O) groups excluding carboxylic acids is 2. The van der Waals surface area contributed by atoms with Crippen LogP contribution in [0.1, 0.15) is 40.0 Å². The second-order valence-corrected chi connectivity index (χ2v) is 8.03. The van der Waals surface area contributed by atoms with E-state index in [1.807, 2.05) is 38.2 Å². The van der Waals surface area contributed by atoms with Crippen LogP contribution in [0.4, 0.5) is 0 Å². The average molecular weight is 318 g/mol. The summed E-state index contributed by atoms with van der Waals surface area (Å²) in [5.74, 6) is -0.120. The lowest BCUT2D eigenvalue weighted by atomic mass is 10.0. The zero-order valence-electron chi connectivity index (χ0n) is 14.2. The molecule has 6 heteroatoms. The van der Waals surface area contributed by atoms with Gasteiger partial charge in [0.05, 0.1) is 12.2 Å². The van der Waals surface area contributed by atoms with Crippen molar-refractivity contribution in [1.29, 1.82) is 0 Å². The van der Waals surface area contributed by atoms with Crippen molar-refractivity contribution >= 4 is 11.8 Å². The van der Waals surface area contributed by atoms with Crippen LogP contribution < -0.4 is 5.32 Å². The zero-order chi connectivity index (χ0) is 16.7. The molecule has 126 valence electrons. The van der Waals surface area contributed by atoms with Gasteiger partial charge in [-0.1, -0.05) is 0 Å². The summed E-state index contributed by atoms with van der Waals surface area (Å²) >= 11 is 0. The van der Waals surface area contributed by atoms with Gasteiger partial charge in [-0.25, -0.2) is 4.98 Å². The van der Waals surface area contributed by atoms with Gasteiger partial charge in [-0.05, 0) is 33.6 Å². The predicted molar refractivity (Wildman–Crippen MR) is 86.5 cm³/mol. The molecule has 1 saturated heterocycles. The molecule has 0 radical (unpaired) electrons. The Balaban J connectivity index is 1.51. The average Bonchev–Trinajstić information content (AvgIpc) is 2.86. The Morgan fingerprint density at radius 1 is 1.43 bits per heavy atom. The Labute approximate surface area is 137 Å². The molecule has 0 bridgehead atoms. The van der Waals surface area contributed by atoms with Crippen LogP contribution in [-0.4, -0.2) is 44.9 Å². The quantitative estimate of drug-likeness (QED) is 0.893. The van der Waals surface area contributed by atoms with Crippen molar-refractivity contribution in [3.63, 3.8) is 0 Å². The molecular formula is C17H26N4O2. The number of hydrogen-bond donors (Lipinski definition) is 1. The number of aromatic nitrogens is 2. The SMILES string of the molecule is CC(C)(C)N1C[C@H](C(=O)NCC2(Cn3ccnc3)CC2)CC1=O. The van der Waals surface area contributed by atoms with E-state index in [9.17, 15) is 9.59 Å². The molecular weight excluding hydrogens is 292 g/mol. The van der Waals surface area contributed by atoms with Crippen LogP contribution in [0.15, 0.2) is 18.7 Å². The van der Waals surface area contributed by atoms with E-state index in [0.717, 1.165) is 19.4 Å². The molecule has 2 aliphatic rings. The van der Waals surface area contributed by atoms with E-state index >= 15 is 0 Å². The number of carbonyl (C=O) groups is 2. The maximum absolute atomic E-state index is 12.4. The van der Waals surface area contributed by atoms with Crippen molar-refractivity contribution in [3.8, 4) is 0 Å². The van der Waals surface area contributed by atoms with Gasteiger partial charge in [-0.3, -0.25) is 9.59 Å². The van der Waals surface area contributed by atoms with Gasteiger partial charge in [0.15, 0.2) is 0 Å². The number of amides is 2. The van der Waals surface area contributed by atoms with Gasteiger partial charge in [0.2, 0.25) is 11.8 Å². The largest absolute Gasteiger partial charge is 0.355 e. The Hall–Kier alpha value is -1.85. The standard InChI is InChI=1S/C17H26N4O2/c1-16(2,3)21-9-13(8-14(21)22)15(23)19-10-17(4-5-17)11-20-7-6-18-12-20/h6-7,12-13H,4-5,8-11H2,1-3H3,(H,19,23)/t13-/m1/s1. The van der Waals surface area contributed by atoms with Gasteiger partial charge in [0, 0.05) is 49.4 Å². The number of hydrogen-bond acceptors (Lipinski definition) is 3. The molecule has 1 saturated carbocycles. The molecule has 2 fully saturated rings. The normalized spacial score (nSPS) is 23.2. The van der Waals surface area contributed by atoms with E-state index in [-0.39, 0.29) is 28.7 Å². The minimum absolute atomic E-state index is 0.0157. The maximum atomic E-state index is 12.4. The summed E-state index contributed by atoms with van der Waals surface area (Å²) in [4.78, 5) is 30.4. The minimum atomic E-state index is -0.217. The highest BCUT2D eigenvalue weighted by atomic mass is 16.2. The molecule has 0 unspecified atom stereocenters. The lowest BCUT2D eigenvalue weighted by molar-refractivity contribution is -0.132. The van der Waals surface area contributed by atoms with Crippen LogP contribution >= 0.6 is 0 Å². The third-order valence-electron chi connectivity index (χ3n) is 4.98. The molecule has 1 atom stereocenters. The van der Waals surface area contributed by atoms with E-state index in [1.54, 1.807) is 6.20 Å². The van der Waals surface area contributed by atoms with Crippen molar-refractivity contribution in [1.82, 2.24) is 19.8 Å². The first kappa shape index (κ1) is 16.0. The molecule has 1 aliphatic carbocycles. The van der Waals surface area contributed by atoms with E-state index in [2.05, 4.69) is 14.9 Å². The topological polar surface area (TPSA) is 67.2 Å². The molecule has 6 nitrogen and oxygen atoms in total. The third-order valence-corrected chi connectivity index (χ3v) is 4.98. The summed E-state index contributed by atoms with van der Waals surface area (Å²) < 4.78 is 2.07. The molecule has 2 amide bonds. The zero-order valence-corrected chi connectivity index (χ0v) is 14.2. The molecule has 23 heavy (non-hydrogen) atoms. The van der Waals surface area contributed by atoms with Crippen LogP contribution in [0.2, 0.25) is 0 Å². The van der Waals surface area contributed by atoms with E-state index < -0.39 is 0 Å². The Morgan fingerprint density at radius 3 is 2.70 bits per heavy atom. The van der Waals surface area contributed by atoms with Gasteiger partial charge in [0.25, 0.3) is 0 Å². The van der Waals surface area contributed by atoms with Gasteiger partial charge in [0.1, 0.15) is 0 Å². The number of likely N-dealkylation sites (tertiary alicyclic amines) is 1. The lowest BCUT2D eigenvalue weighted by Gasteiger charge is -2.32. The van der Waals surface area contributed by atoms with Gasteiger partial charge >= 0.3 is 0 Å². The summed E-state index contributed by atoms with van der Waals surface area (Å²) in [6, 6.07) is 0. The highest BCUT2D eigenvalue weighted by Gasteiger charge is 2.44. The highest BCUT2D eigenvalue weighted by molar-refractivity contribution is 5.89. The Kier molecular flexibility index (Phi) is 3.94. The first-order valence-corrected chi connectivity index (χ1v) is 8.33. The molecule has 1 aromatic rings. The molecule has 1 aromatic heterocycles. The van der Waals surface area contributed by atoms with Crippen molar-refractivity contribution in [2.24, 2.45) is 11.3 Å². The smallest absolute Gasteiger partial charge is 0.225 e. The predicted octanol–water partition coefficient (Wildman–Crippen LogP) is 1.43. The van der Waals surface area contributed by atoms with Crippen molar-refractivity contribution < 1.29 is 9.59 Å². The van der Waals surface area contributed by atoms with Crippen LogP contribution in [0.25, 0.3) is 0 Å². The third kappa shape index (κ3) is 3.57. The van der Waals surface area contributed by atoms with Gasteiger partial charge in [-0.15, -0.1) is 0 Å². The number of nitrogens with zero attached hydrogens (tertiary/aromatic N) is 3. The van der Waals surface area contributed by atoms with Crippen molar-refractivity contribution in [2.45, 2.75) is 52.1 Å². The van der Waals surface area contributed by atoms with Gasteiger partial charge in [-0.2, -0.15) is 0 Å². The summed E-state index contributed by atoms with van der Waals surface area (Å²) in [6.07, 6.45) is 8.14. The number of nitrogens with one attached hydrogen (secondary N) is 1. The van der Waals surface area contributed by atoms with Gasteiger partial charge < -0.3 is 14.8 Å². The van der Waals surface area contributed by atoms with Crippen LogP contribution in [0.5, 0.6) is 0 Å². The monoisotopic (exact) mass is 318 g/mol. The van der Waals surface area contributed by atoms with E-state index in [4.69, 9.17) is 0 Å². The molecule has 0 spiro atoms. The first-order chi connectivity index (χ1) is 10.8. The molecule has 3 rings (SSSR count). The molecule has 0 aromatic carbocycles. The minimum Gasteiger partial charge on any atom is -0.355 e. The Bertz CT molecular complexity index is 584. The first-order valence-electron chi connectivity index (χ1n) is 8.33. The highest BCUT2D eigenvalue weighted by Crippen LogP contribution is 2.46. The van der Waals surface area contributed by atoms with Crippen LogP contribution in [0, 0.1) is 11.3 Å². The second kappa shape index (κ2) is 5.65. The molecule has 2 heterocycles. The summed E-state index contributed by atoms with van der Waals surface area (Å²) in [5, 5.41) is 3.08. The maximum Gasteiger partial charge on any atom is 0.225 e. The van der Waals surface area contributed by atoms with E-state index in [1.165, 1.54) is 0 Å². The fourth-order valence-corrected chi connectivity index (χ4v) is 3.29. The van der Waals surface area contributed by atoms with Crippen LogP contribution in [0.3, 0.4) is 0 Å². The van der Waals surface area contributed by atoms with Crippen molar-refractivity contribution in [3.05, 3.63) is 18.7 Å². The fraction of sp³-hybridized carbons (Fsp3) is 0.706. The fourth-order valence-electron chi connectivity index (χ4n) is 3.29. The van der Waals surface area contributed by atoms with Crippen LogP contribution in [-0.2, 0) is 16.1 Å². The summed E-state index contributed by atoms with van der Waals surface area (Å²) in [5.41, 5.74) is -0.0477. The molecule has 1 aliphatic heterocycles. The number of imidazole rings is 1. The Morgan fingerprint density at radius 2 is 2.17 bits per heavy atom. The lowest BCUT2D eigenvalue weighted by Crippen LogP contribution is -2.43. The van der Waals surface area contributed by atoms with E-state index in [0.29, 0.717) is 19.5 Å². The summed E-state index contributed by atoms with van der Waals surface area (Å²) in [7, 11) is 0. The van der Waals surface area contributed by atoms with Crippen molar-refractivity contribution in [2.75, 3.05) is 13.1 Å². The number of rotatable bonds is 5. The molecule has 1 N–H and O–H groups in total.